The van der Waals surface area contributed by atoms with Crippen LogP contribution < -0.4 is 0 Å². The van der Waals surface area contributed by atoms with Crippen LogP contribution in [0, 0.1) is 0 Å². The first-order chi connectivity index (χ1) is 14.3. The third kappa shape index (κ3) is 3.42. The second kappa shape index (κ2) is 7.34. The van der Waals surface area contributed by atoms with Gasteiger partial charge in [-0.25, -0.2) is 0 Å². The third-order valence-corrected chi connectivity index (χ3v) is 5.00. The average molecular weight is 390 g/mol. The molecule has 4 aromatic rings. The molecule has 0 N–H and O–H groups in total. The van der Waals surface area contributed by atoms with Gasteiger partial charge in [-0.05, 0) is 37.1 Å². The number of likely N-dealkylation sites (tertiary alicyclic amines) is 1. The molecular weight excluding hydrogens is 372 g/mol. The highest BCUT2D eigenvalue weighted by Gasteiger charge is 2.29. The highest BCUT2D eigenvalue weighted by atomic mass is 16.4. The Morgan fingerprint density at radius 1 is 1.03 bits per heavy atom. The van der Waals surface area contributed by atoms with Gasteiger partial charge in [-0.2, -0.15) is 9.90 Å². The van der Waals surface area contributed by atoms with Crippen molar-refractivity contribution in [3.05, 3.63) is 66.5 Å². The van der Waals surface area contributed by atoms with Gasteiger partial charge in [0.25, 0.3) is 11.8 Å². The maximum Gasteiger partial charge on any atom is 0.283 e. The molecule has 1 aromatic carbocycles. The fourth-order valence-electron chi connectivity index (χ4n) is 3.44. The Bertz CT molecular complexity index is 1090. The van der Waals surface area contributed by atoms with Crippen LogP contribution in [0.3, 0.4) is 0 Å². The fraction of sp³-hybridized carbons (Fsp3) is 0.250. The van der Waals surface area contributed by atoms with Crippen LogP contribution in [-0.4, -0.2) is 49.1 Å². The lowest BCUT2D eigenvalue weighted by Gasteiger charge is -2.29. The van der Waals surface area contributed by atoms with Crippen LogP contribution in [0.2, 0.25) is 0 Å². The molecule has 1 fully saturated rings. The fourth-order valence-corrected chi connectivity index (χ4v) is 3.44. The highest BCUT2D eigenvalue weighted by Crippen LogP contribution is 2.29. The van der Waals surface area contributed by atoms with Crippen LogP contribution in [0.5, 0.6) is 0 Å². The molecule has 0 bridgehead atoms. The van der Waals surface area contributed by atoms with E-state index < -0.39 is 0 Å². The smallest absolute Gasteiger partial charge is 0.283 e. The monoisotopic (exact) mass is 390 g/mol. The van der Waals surface area contributed by atoms with Gasteiger partial charge in [-0.15, -0.1) is 15.3 Å². The molecule has 1 aliphatic heterocycles. The Kier molecular flexibility index (Phi) is 4.39. The largest absolute Gasteiger partial charge is 0.459 e. The number of furan rings is 1. The minimum Gasteiger partial charge on any atom is -0.459 e. The maximum absolute atomic E-state index is 12.8. The molecule has 0 radical (unpaired) electrons. The van der Waals surface area contributed by atoms with Gasteiger partial charge in [0.15, 0.2) is 11.5 Å². The van der Waals surface area contributed by atoms with Gasteiger partial charge in [-0.3, -0.25) is 4.79 Å². The van der Waals surface area contributed by atoms with Crippen molar-refractivity contribution in [3.8, 4) is 17.3 Å². The van der Waals surface area contributed by atoms with Crippen molar-refractivity contribution in [2.75, 3.05) is 13.1 Å². The molecule has 9 nitrogen and oxygen atoms in total. The molecule has 1 aliphatic rings. The molecule has 1 amide bonds. The van der Waals surface area contributed by atoms with Crippen LogP contribution in [0.15, 0.2) is 63.8 Å². The van der Waals surface area contributed by atoms with Crippen LogP contribution >= 0.6 is 0 Å². The van der Waals surface area contributed by atoms with E-state index >= 15 is 0 Å². The summed E-state index contributed by atoms with van der Waals surface area (Å²) in [4.78, 5) is 16.1. The first-order valence-corrected chi connectivity index (χ1v) is 9.42. The molecule has 4 heterocycles. The number of hydrogen-bond acceptors (Lipinski definition) is 7. The number of carbonyl (C=O) groups is 1. The van der Waals surface area contributed by atoms with Crippen molar-refractivity contribution in [1.82, 2.24) is 30.1 Å². The number of piperidine rings is 1. The quantitative estimate of drug-likeness (QED) is 0.528. The lowest BCUT2D eigenvalue weighted by molar-refractivity contribution is 0.0700. The molecule has 29 heavy (non-hydrogen) atoms. The standard InChI is InChI=1S/C20H18N6O3/c27-20(16-13-21-26(24-16)15-5-2-1-3-6-15)25-10-8-14(9-11-25)18-22-23-19(29-18)17-7-4-12-28-17/h1-7,12-14H,8-11H2. The Labute approximate surface area is 165 Å². The van der Waals surface area contributed by atoms with E-state index in [1.165, 1.54) is 11.0 Å². The Morgan fingerprint density at radius 3 is 2.62 bits per heavy atom. The SMILES string of the molecule is O=C(c1cnn(-c2ccccc2)n1)N1CCC(c2nnc(-c3ccco3)o2)CC1. The van der Waals surface area contributed by atoms with Gasteiger partial charge in [0.05, 0.1) is 18.1 Å². The van der Waals surface area contributed by atoms with Gasteiger partial charge in [0, 0.05) is 19.0 Å². The molecule has 146 valence electrons. The Morgan fingerprint density at radius 2 is 1.86 bits per heavy atom. The number of carbonyl (C=O) groups excluding carboxylic acids is 1. The second-order valence-corrected chi connectivity index (χ2v) is 6.84. The summed E-state index contributed by atoms with van der Waals surface area (Å²) >= 11 is 0. The van der Waals surface area contributed by atoms with Crippen molar-refractivity contribution in [2.24, 2.45) is 0 Å². The van der Waals surface area contributed by atoms with Gasteiger partial charge in [0.2, 0.25) is 5.89 Å². The zero-order chi connectivity index (χ0) is 19.6. The zero-order valence-corrected chi connectivity index (χ0v) is 15.5. The van der Waals surface area contributed by atoms with E-state index in [2.05, 4.69) is 20.4 Å². The van der Waals surface area contributed by atoms with E-state index in [-0.39, 0.29) is 11.8 Å². The third-order valence-electron chi connectivity index (χ3n) is 5.00. The topological polar surface area (TPSA) is 103 Å². The molecule has 0 saturated carbocycles. The van der Waals surface area contributed by atoms with Crippen molar-refractivity contribution in [2.45, 2.75) is 18.8 Å². The summed E-state index contributed by atoms with van der Waals surface area (Å²) in [6.07, 6.45) is 4.57. The van der Waals surface area contributed by atoms with Crippen LogP contribution in [-0.2, 0) is 0 Å². The summed E-state index contributed by atoms with van der Waals surface area (Å²) in [5.41, 5.74) is 1.15. The first kappa shape index (κ1) is 17.4. The predicted octanol–water partition coefficient (Wildman–Crippen LogP) is 2.93. The number of hydrogen-bond donors (Lipinski definition) is 0. The first-order valence-electron chi connectivity index (χ1n) is 9.42. The zero-order valence-electron chi connectivity index (χ0n) is 15.5. The molecule has 0 atom stereocenters. The summed E-state index contributed by atoms with van der Waals surface area (Å²) in [7, 11) is 0. The van der Waals surface area contributed by atoms with E-state index in [1.807, 2.05) is 30.3 Å². The second-order valence-electron chi connectivity index (χ2n) is 6.84. The van der Waals surface area contributed by atoms with Gasteiger partial charge >= 0.3 is 0 Å². The lowest BCUT2D eigenvalue weighted by atomic mass is 9.96. The van der Waals surface area contributed by atoms with Crippen LogP contribution in [0.1, 0.15) is 35.1 Å². The van der Waals surface area contributed by atoms with Crippen molar-refractivity contribution in [1.29, 1.82) is 0 Å². The summed E-state index contributed by atoms with van der Waals surface area (Å²) in [6.45, 7) is 1.19. The minimum atomic E-state index is -0.118. The number of nitrogens with zero attached hydrogens (tertiary/aromatic N) is 6. The van der Waals surface area contributed by atoms with Crippen LogP contribution in [0.25, 0.3) is 17.3 Å². The number of para-hydroxylation sites is 1. The number of benzene rings is 1. The molecule has 0 aliphatic carbocycles. The summed E-state index contributed by atoms with van der Waals surface area (Å²) in [5, 5.41) is 16.7. The summed E-state index contributed by atoms with van der Waals surface area (Å²) < 4.78 is 11.0. The molecular formula is C20H18N6O3. The number of aromatic nitrogens is 5. The van der Waals surface area contributed by atoms with E-state index in [1.54, 1.807) is 23.3 Å². The van der Waals surface area contributed by atoms with Crippen molar-refractivity contribution in [3.63, 3.8) is 0 Å². The van der Waals surface area contributed by atoms with Crippen LogP contribution in [0.4, 0.5) is 0 Å². The van der Waals surface area contributed by atoms with Gasteiger partial charge in [0.1, 0.15) is 0 Å². The predicted molar refractivity (Wildman–Crippen MR) is 101 cm³/mol. The van der Waals surface area contributed by atoms with E-state index in [9.17, 15) is 4.79 Å². The number of rotatable bonds is 4. The maximum atomic E-state index is 12.8. The molecule has 0 unspecified atom stereocenters. The molecule has 3 aromatic heterocycles. The van der Waals surface area contributed by atoms with E-state index in [4.69, 9.17) is 8.83 Å². The van der Waals surface area contributed by atoms with Gasteiger partial charge < -0.3 is 13.7 Å². The highest BCUT2D eigenvalue weighted by molar-refractivity contribution is 5.92. The van der Waals surface area contributed by atoms with E-state index in [0.717, 1.165) is 18.5 Å². The molecule has 9 heteroatoms. The molecule has 1 saturated heterocycles. The molecule has 5 rings (SSSR count). The normalized spacial score (nSPS) is 15.0. The average Bonchev–Trinajstić information content (AvgIpc) is 3.55. The summed E-state index contributed by atoms with van der Waals surface area (Å²) in [5.74, 6) is 1.51. The Hall–Kier alpha value is -3.75. The van der Waals surface area contributed by atoms with Gasteiger partial charge in [-0.1, -0.05) is 18.2 Å². The summed E-state index contributed by atoms with van der Waals surface area (Å²) in [6, 6.07) is 13.1. The Balaban J connectivity index is 1.23. The lowest BCUT2D eigenvalue weighted by Crippen LogP contribution is -2.38. The minimum absolute atomic E-state index is 0.118. The van der Waals surface area contributed by atoms with E-state index in [0.29, 0.717) is 36.3 Å². The number of amides is 1. The van der Waals surface area contributed by atoms with Crippen molar-refractivity contribution >= 4 is 5.91 Å². The van der Waals surface area contributed by atoms with Crippen molar-refractivity contribution < 1.29 is 13.6 Å². The molecule has 0 spiro atoms.